The predicted molar refractivity (Wildman–Crippen MR) is 203 cm³/mol. The van der Waals surface area contributed by atoms with Crippen LogP contribution in [0, 0.1) is 48.1 Å². The molecule has 0 amide bonds. The Morgan fingerprint density at radius 3 is 1.87 bits per heavy atom. The van der Waals surface area contributed by atoms with Crippen LogP contribution in [0.25, 0.3) is 0 Å². The van der Waals surface area contributed by atoms with Gasteiger partial charge in [-0.1, -0.05) is 50.9 Å². The van der Waals surface area contributed by atoms with E-state index < -0.39 is 11.6 Å². The van der Waals surface area contributed by atoms with Gasteiger partial charge in [0.05, 0.1) is 10.0 Å². The van der Waals surface area contributed by atoms with E-state index in [1.807, 2.05) is 11.6 Å². The van der Waals surface area contributed by atoms with E-state index >= 15 is 0 Å². The van der Waals surface area contributed by atoms with Crippen molar-refractivity contribution in [2.75, 3.05) is 18.0 Å². The molecule has 11 nitrogen and oxygen atoms in total. The number of anilines is 1. The fourth-order valence-corrected chi connectivity index (χ4v) is 7.50. The number of hydrogen-bond acceptors (Lipinski definition) is 9. The highest BCUT2D eigenvalue weighted by atomic mass is 79.9. The predicted octanol–water partition coefficient (Wildman–Crippen LogP) is 9.60. The first-order valence-corrected chi connectivity index (χ1v) is 19.2. The molecule has 3 atom stereocenters. The summed E-state index contributed by atoms with van der Waals surface area (Å²) in [6, 6.07) is 11.3. The number of piperidine rings is 1. The van der Waals surface area contributed by atoms with Gasteiger partial charge in [0.1, 0.15) is 35.3 Å². The van der Waals surface area contributed by atoms with Gasteiger partial charge in [0.2, 0.25) is 4.73 Å². The van der Waals surface area contributed by atoms with Gasteiger partial charge in [-0.3, -0.25) is 0 Å². The zero-order valence-corrected chi connectivity index (χ0v) is 33.3. The van der Waals surface area contributed by atoms with Gasteiger partial charge in [-0.05, 0) is 89.6 Å². The van der Waals surface area contributed by atoms with Crippen molar-refractivity contribution < 1.29 is 18.3 Å². The number of aromatic nitrogens is 8. The van der Waals surface area contributed by atoms with Crippen molar-refractivity contribution in [3.8, 4) is 23.5 Å². The maximum atomic E-state index is 13.6. The fourth-order valence-electron chi connectivity index (χ4n) is 6.81. The van der Waals surface area contributed by atoms with Crippen LogP contribution >= 0.6 is 39.1 Å². The van der Waals surface area contributed by atoms with Crippen molar-refractivity contribution in [2.24, 2.45) is 29.6 Å². The SMILES string of the molecule is CC(C)Cn1nc(Br)nc1Oc1ccc(F)c(Cl)c1.Cc1cc(N2C[C@H]3CC[C@@H](C2)C3Cc2nc(Oc3ccc(F)c(Cl)c3)n(CC(C)C)n2)ncn1. The molecule has 1 saturated carbocycles. The van der Waals surface area contributed by atoms with E-state index in [1.54, 1.807) is 17.1 Å². The van der Waals surface area contributed by atoms with E-state index in [9.17, 15) is 8.78 Å². The summed E-state index contributed by atoms with van der Waals surface area (Å²) in [5.41, 5.74) is 0.995. The molecule has 3 aromatic heterocycles. The van der Waals surface area contributed by atoms with E-state index in [0.29, 0.717) is 70.9 Å². The third-order valence-electron chi connectivity index (χ3n) is 9.13. The summed E-state index contributed by atoms with van der Waals surface area (Å²) in [5, 5.41) is 9.01. The summed E-state index contributed by atoms with van der Waals surface area (Å²) >= 11 is 14.8. The number of rotatable bonds is 11. The van der Waals surface area contributed by atoms with Crippen LogP contribution in [0.1, 0.15) is 52.1 Å². The van der Waals surface area contributed by atoms with Crippen LogP contribution < -0.4 is 14.4 Å². The van der Waals surface area contributed by atoms with Crippen LogP contribution in [0.2, 0.25) is 10.0 Å². The van der Waals surface area contributed by atoms with Gasteiger partial charge >= 0.3 is 12.0 Å². The average Bonchev–Trinajstić information content (AvgIpc) is 3.70. The molecule has 1 aliphatic carbocycles. The smallest absolute Gasteiger partial charge is 0.321 e. The molecule has 4 heterocycles. The molecule has 0 spiro atoms. The molecule has 1 saturated heterocycles. The summed E-state index contributed by atoms with van der Waals surface area (Å²) in [5.74, 6) is 4.22. The Morgan fingerprint density at radius 2 is 1.34 bits per heavy atom. The molecule has 282 valence electrons. The molecule has 0 N–H and O–H groups in total. The lowest BCUT2D eigenvalue weighted by atomic mass is 9.82. The molecule has 1 unspecified atom stereocenters. The normalized spacial score (nSPS) is 18.0. The minimum atomic E-state index is -0.487. The second kappa shape index (κ2) is 17.1. The molecule has 0 radical (unpaired) electrons. The maximum absolute atomic E-state index is 13.6. The summed E-state index contributed by atoms with van der Waals surface area (Å²) in [6.07, 6.45) is 4.93. The standard InChI is InChI=1S/C25H30ClFN6O.C12H12BrClFN3O/c1-15(2)11-33-25(34-19-6-7-22(27)21(26)9-19)30-23(31-33)10-20-17-4-5-18(20)13-32(12-17)24-8-16(3)28-14-29-24;1-7(2)6-18-12(16-11(13)17-18)19-8-3-4-10(15)9(14)5-8/h6-9,14-15,17-18,20H,4-5,10-13H2,1-3H3;3-5,7H,6H2,1-2H3/t17-,18+,20?;. The van der Waals surface area contributed by atoms with Crippen molar-refractivity contribution in [3.05, 3.63) is 86.7 Å². The molecular weight excluding hydrogens is 791 g/mol. The quantitative estimate of drug-likeness (QED) is 0.129. The van der Waals surface area contributed by atoms with Gasteiger partial charge in [0.15, 0.2) is 5.82 Å². The van der Waals surface area contributed by atoms with Gasteiger partial charge < -0.3 is 14.4 Å². The van der Waals surface area contributed by atoms with Crippen LogP contribution in [0.15, 0.2) is 53.5 Å². The Labute approximate surface area is 326 Å². The number of ether oxygens (including phenoxy) is 2. The molecule has 2 aliphatic rings. The second-order valence-corrected chi connectivity index (χ2v) is 15.9. The second-order valence-electron chi connectivity index (χ2n) is 14.4. The van der Waals surface area contributed by atoms with Crippen LogP contribution in [-0.2, 0) is 19.5 Å². The number of halogens is 5. The highest BCUT2D eigenvalue weighted by Crippen LogP contribution is 2.44. The molecule has 16 heteroatoms. The molecule has 7 rings (SSSR count). The minimum Gasteiger partial charge on any atom is -0.424 e. The number of nitrogens with zero attached hydrogens (tertiary/aromatic N) is 9. The topological polar surface area (TPSA) is 109 Å². The van der Waals surface area contributed by atoms with E-state index in [4.69, 9.17) is 42.8 Å². The highest BCUT2D eigenvalue weighted by molar-refractivity contribution is 9.10. The first kappa shape index (κ1) is 38.8. The first-order valence-electron chi connectivity index (χ1n) is 17.6. The first-order chi connectivity index (χ1) is 25.3. The summed E-state index contributed by atoms with van der Waals surface area (Å²) in [6.45, 7) is 13.8. The van der Waals surface area contributed by atoms with Crippen LogP contribution in [0.4, 0.5) is 14.6 Å². The third kappa shape index (κ3) is 10.0. The zero-order chi connectivity index (χ0) is 37.8. The Hall–Kier alpha value is -3.88. The van der Waals surface area contributed by atoms with Crippen molar-refractivity contribution in [1.29, 1.82) is 0 Å². The van der Waals surface area contributed by atoms with Gasteiger partial charge in [0.25, 0.3) is 0 Å². The van der Waals surface area contributed by atoms with Crippen molar-refractivity contribution in [2.45, 2.75) is 67.0 Å². The van der Waals surface area contributed by atoms with Crippen LogP contribution in [0.3, 0.4) is 0 Å². The largest absolute Gasteiger partial charge is 0.424 e. The average molecular weight is 834 g/mol. The minimum absolute atomic E-state index is 0.00601. The van der Waals surface area contributed by atoms with E-state index in [0.717, 1.165) is 36.8 Å². The molecular formula is C37H42BrCl2F2N9O2. The van der Waals surface area contributed by atoms with Gasteiger partial charge in [-0.15, -0.1) is 5.10 Å². The number of benzene rings is 2. The Morgan fingerprint density at radius 1 is 0.792 bits per heavy atom. The lowest BCUT2D eigenvalue weighted by Gasteiger charge is -2.38. The molecule has 1 aliphatic heterocycles. The molecule has 5 aromatic rings. The lowest BCUT2D eigenvalue weighted by Crippen LogP contribution is -2.43. The third-order valence-corrected chi connectivity index (χ3v) is 10.0. The summed E-state index contributed by atoms with van der Waals surface area (Å²) in [7, 11) is 0. The number of hydrogen-bond donors (Lipinski definition) is 0. The van der Waals surface area contributed by atoms with Crippen molar-refractivity contribution >= 4 is 44.9 Å². The van der Waals surface area contributed by atoms with E-state index in [2.05, 4.69) is 74.6 Å². The maximum Gasteiger partial charge on any atom is 0.321 e. The Balaban J connectivity index is 0.000000214. The summed E-state index contributed by atoms with van der Waals surface area (Å²) in [4.78, 5) is 20.0. The van der Waals surface area contributed by atoms with Gasteiger partial charge in [-0.25, -0.2) is 28.1 Å². The lowest BCUT2D eigenvalue weighted by molar-refractivity contribution is 0.264. The summed E-state index contributed by atoms with van der Waals surface area (Å²) < 4.78 is 42.1. The van der Waals surface area contributed by atoms with Crippen molar-refractivity contribution in [1.82, 2.24) is 39.5 Å². The van der Waals surface area contributed by atoms with Gasteiger partial charge in [-0.2, -0.15) is 15.1 Å². The van der Waals surface area contributed by atoms with Crippen LogP contribution in [0.5, 0.6) is 23.5 Å². The zero-order valence-electron chi connectivity index (χ0n) is 30.2. The van der Waals surface area contributed by atoms with Crippen molar-refractivity contribution in [3.63, 3.8) is 0 Å². The number of fused-ring (bicyclic) bond motifs is 2. The van der Waals surface area contributed by atoms with E-state index in [1.165, 1.54) is 43.2 Å². The van der Waals surface area contributed by atoms with Gasteiger partial charge in [0, 0.05) is 56.5 Å². The molecule has 53 heavy (non-hydrogen) atoms. The Bertz CT molecular complexity index is 2010. The highest BCUT2D eigenvalue weighted by Gasteiger charge is 2.43. The monoisotopic (exact) mass is 831 g/mol. The molecule has 2 bridgehead atoms. The fraction of sp³-hybridized carbons (Fsp3) is 0.459. The Kier molecular flexibility index (Phi) is 12.5. The van der Waals surface area contributed by atoms with E-state index in [-0.39, 0.29) is 10.0 Å². The number of aryl methyl sites for hydroxylation is 1. The van der Waals surface area contributed by atoms with Crippen LogP contribution in [-0.4, -0.2) is 52.6 Å². The molecule has 2 fully saturated rings. The molecule has 2 aromatic carbocycles.